The average Bonchev–Trinajstić information content (AvgIpc) is 3.48. The number of rotatable bonds is 6. The van der Waals surface area contributed by atoms with E-state index in [9.17, 15) is 5.11 Å². The van der Waals surface area contributed by atoms with Crippen molar-refractivity contribution in [2.45, 2.75) is 12.0 Å². The molecule has 1 N–H and O–H groups in total. The zero-order valence-corrected chi connectivity index (χ0v) is 18.7. The van der Waals surface area contributed by atoms with E-state index in [-0.39, 0.29) is 17.1 Å². The normalized spacial score (nSPS) is 10.8. The molecule has 0 atom stereocenters. The van der Waals surface area contributed by atoms with Crippen LogP contribution >= 0.6 is 0 Å². The van der Waals surface area contributed by atoms with Crippen LogP contribution in [-0.4, -0.2) is 30.6 Å². The van der Waals surface area contributed by atoms with Crippen LogP contribution in [0.15, 0.2) is 109 Å². The first-order valence-corrected chi connectivity index (χ1v) is 10.0. The summed E-state index contributed by atoms with van der Waals surface area (Å²) in [4.78, 5) is 2.17. The van der Waals surface area contributed by atoms with Crippen LogP contribution in [-0.2, 0) is 29.1 Å². The molecule has 0 bridgehead atoms. The van der Waals surface area contributed by atoms with Gasteiger partial charge in [0.15, 0.2) is 0 Å². The first-order valence-electron chi connectivity index (χ1n) is 10.0. The Hall–Kier alpha value is -2.42. The molecule has 0 spiro atoms. The van der Waals surface area contributed by atoms with Crippen LogP contribution < -0.4 is 0 Å². The van der Waals surface area contributed by atoms with Crippen molar-refractivity contribution in [3.05, 3.63) is 131 Å². The first-order chi connectivity index (χ1) is 14.1. The molecule has 0 saturated carbocycles. The Kier molecular flexibility index (Phi) is 9.29. The van der Waals surface area contributed by atoms with Crippen LogP contribution in [0.1, 0.15) is 22.3 Å². The molecule has 30 heavy (non-hydrogen) atoms. The summed E-state index contributed by atoms with van der Waals surface area (Å²) < 4.78 is 0. The molecule has 0 aliphatic heterocycles. The molecular weight excluding hydrogens is 410 g/mol. The second kappa shape index (κ2) is 11.7. The van der Waals surface area contributed by atoms with E-state index in [0.29, 0.717) is 0 Å². The Balaban J connectivity index is 0.000000468. The van der Waals surface area contributed by atoms with Crippen molar-refractivity contribution in [1.82, 2.24) is 4.90 Å². The van der Waals surface area contributed by atoms with E-state index in [1.807, 2.05) is 103 Å². The summed E-state index contributed by atoms with van der Waals surface area (Å²) in [6, 6.07) is 36.1. The minimum Gasteiger partial charge on any atom is -0.389 e. The third kappa shape index (κ3) is 5.81. The summed E-state index contributed by atoms with van der Waals surface area (Å²) in [5, 5.41) is 11.8. The molecule has 0 unspecified atom stereocenters. The van der Waals surface area contributed by atoms with Crippen molar-refractivity contribution < 1.29 is 22.2 Å². The molecule has 4 aromatic carbocycles. The summed E-state index contributed by atoms with van der Waals surface area (Å²) in [5.41, 5.74) is 2.83. The Bertz CT molecular complexity index is 886. The number of likely N-dealkylation sites (N-methyl/N-ethyl adjacent to an activating group) is 1. The van der Waals surface area contributed by atoms with Gasteiger partial charge in [0.25, 0.3) is 0 Å². The van der Waals surface area contributed by atoms with Crippen molar-refractivity contribution >= 4 is 0 Å². The Morgan fingerprint density at radius 2 is 1.30 bits per heavy atom. The summed E-state index contributed by atoms with van der Waals surface area (Å²) in [6.45, 7) is 0.955. The topological polar surface area (TPSA) is 23.5 Å². The first kappa shape index (κ1) is 23.9. The van der Waals surface area contributed by atoms with Crippen molar-refractivity contribution in [3.63, 3.8) is 0 Å². The fourth-order valence-electron chi connectivity index (χ4n) is 3.53. The smallest absolute Gasteiger partial charge is 0.389 e. The quantitative estimate of drug-likeness (QED) is 0.330. The SMILES string of the molecule is CN(C)CCc1[cH-]ccc1C(O)(c1ccccc1)c1ccccc1.[Fe+2].c1cc[cH-]c1. The van der Waals surface area contributed by atoms with E-state index in [4.69, 9.17) is 0 Å². The average molecular weight is 439 g/mol. The molecule has 4 rings (SSSR count). The molecule has 0 amide bonds. The second-order valence-electron chi connectivity index (χ2n) is 7.42. The van der Waals surface area contributed by atoms with E-state index >= 15 is 0 Å². The number of nitrogens with zero attached hydrogens (tertiary/aromatic N) is 1. The third-order valence-corrected chi connectivity index (χ3v) is 5.06. The summed E-state index contributed by atoms with van der Waals surface area (Å²) in [5.74, 6) is 0. The standard InChI is InChI=1S/C22H24NO.C5H5.Fe/c1-23(2)17-16-18-10-9-15-21(18)22(24,19-11-5-3-6-12-19)20-13-7-4-8-14-20;1-2-4-5-3-1;/h3-15,24H,16-17H2,1-2H3;1-5H;/q2*-1;+2. The Morgan fingerprint density at radius 1 is 0.767 bits per heavy atom. The second-order valence-corrected chi connectivity index (χ2v) is 7.42. The molecule has 3 heteroatoms. The fourth-order valence-corrected chi connectivity index (χ4v) is 3.53. The van der Waals surface area contributed by atoms with Gasteiger partial charge in [0.05, 0.1) is 5.60 Å². The van der Waals surface area contributed by atoms with Crippen LogP contribution in [0.5, 0.6) is 0 Å². The van der Waals surface area contributed by atoms with Gasteiger partial charge in [-0.25, -0.2) is 18.2 Å². The summed E-state index contributed by atoms with van der Waals surface area (Å²) in [7, 11) is 4.15. The molecule has 0 aliphatic rings. The van der Waals surface area contributed by atoms with Gasteiger partial charge in [0, 0.05) is 0 Å². The van der Waals surface area contributed by atoms with Gasteiger partial charge in [0.2, 0.25) is 0 Å². The molecule has 2 nitrogen and oxygen atoms in total. The molecule has 4 aromatic rings. The predicted molar refractivity (Wildman–Crippen MR) is 121 cm³/mol. The van der Waals surface area contributed by atoms with E-state index < -0.39 is 5.60 Å². The van der Waals surface area contributed by atoms with Crippen LogP contribution in [0.25, 0.3) is 0 Å². The number of hydrogen-bond acceptors (Lipinski definition) is 2. The fraction of sp³-hybridized carbons (Fsp3) is 0.185. The maximum atomic E-state index is 11.8. The predicted octanol–water partition coefficient (Wildman–Crippen LogP) is 5.20. The third-order valence-electron chi connectivity index (χ3n) is 5.06. The molecule has 0 saturated heterocycles. The molecular formula is C27H29FeNO. The van der Waals surface area contributed by atoms with Crippen LogP contribution in [0.3, 0.4) is 0 Å². The molecule has 0 fully saturated rings. The maximum Gasteiger partial charge on any atom is 2.00 e. The summed E-state index contributed by atoms with van der Waals surface area (Å²) in [6.07, 6.45) is 0.914. The number of aliphatic hydroxyl groups is 1. The largest absolute Gasteiger partial charge is 2.00 e. The molecule has 156 valence electrons. The van der Waals surface area contributed by atoms with Gasteiger partial charge in [-0.05, 0) is 38.2 Å². The number of benzene rings is 2. The van der Waals surface area contributed by atoms with Crippen LogP contribution in [0.2, 0.25) is 0 Å². The van der Waals surface area contributed by atoms with E-state index in [1.165, 1.54) is 5.56 Å². The van der Waals surface area contributed by atoms with Crippen molar-refractivity contribution in [2.75, 3.05) is 20.6 Å². The zero-order valence-electron chi connectivity index (χ0n) is 17.6. The van der Waals surface area contributed by atoms with Crippen LogP contribution in [0, 0.1) is 0 Å². The van der Waals surface area contributed by atoms with Crippen molar-refractivity contribution in [2.24, 2.45) is 0 Å². The van der Waals surface area contributed by atoms with E-state index in [1.54, 1.807) is 0 Å². The van der Waals surface area contributed by atoms with Crippen LogP contribution in [0.4, 0.5) is 0 Å². The van der Waals surface area contributed by atoms with Gasteiger partial charge in [-0.1, -0.05) is 60.7 Å². The van der Waals surface area contributed by atoms with Gasteiger partial charge in [-0.15, -0.1) is 0 Å². The van der Waals surface area contributed by atoms with Gasteiger partial charge in [-0.3, -0.25) is 0 Å². The Morgan fingerprint density at radius 3 is 1.73 bits per heavy atom. The minimum atomic E-state index is -1.13. The van der Waals surface area contributed by atoms with Gasteiger partial charge in [-0.2, -0.15) is 41.5 Å². The molecule has 0 heterocycles. The van der Waals surface area contributed by atoms with Crippen molar-refractivity contribution in [1.29, 1.82) is 0 Å². The molecule has 0 radical (unpaired) electrons. The minimum absolute atomic E-state index is 0. The van der Waals surface area contributed by atoms with Gasteiger partial charge in [0.1, 0.15) is 0 Å². The van der Waals surface area contributed by atoms with E-state index in [2.05, 4.69) is 25.1 Å². The maximum absolute atomic E-state index is 11.8. The molecule has 0 aromatic heterocycles. The molecule has 0 aliphatic carbocycles. The van der Waals surface area contributed by atoms with E-state index in [0.717, 1.165) is 29.7 Å². The monoisotopic (exact) mass is 439 g/mol. The van der Waals surface area contributed by atoms with Gasteiger partial charge >= 0.3 is 17.1 Å². The summed E-state index contributed by atoms with van der Waals surface area (Å²) >= 11 is 0. The number of hydrogen-bond donors (Lipinski definition) is 1. The Labute approximate surface area is 191 Å². The van der Waals surface area contributed by atoms with Crippen molar-refractivity contribution in [3.8, 4) is 0 Å². The van der Waals surface area contributed by atoms with Gasteiger partial charge < -0.3 is 10.0 Å². The zero-order chi connectivity index (χ0) is 20.5.